The minimum atomic E-state index is 0.0304. The largest absolute Gasteiger partial charge is 0.488 e. The summed E-state index contributed by atoms with van der Waals surface area (Å²) in [4.78, 5) is 0. The fourth-order valence-electron chi connectivity index (χ4n) is 1.77. The van der Waals surface area contributed by atoms with Gasteiger partial charge in [-0.2, -0.15) is 0 Å². The molecule has 15 heavy (non-hydrogen) atoms. The van der Waals surface area contributed by atoms with Crippen LogP contribution in [0.2, 0.25) is 0 Å². The predicted octanol–water partition coefficient (Wildman–Crippen LogP) is 1.78. The van der Waals surface area contributed by atoms with Crippen LogP contribution in [0.15, 0.2) is 24.3 Å². The monoisotopic (exact) mass is 319 g/mol. The van der Waals surface area contributed by atoms with Gasteiger partial charge in [0.25, 0.3) is 0 Å². The van der Waals surface area contributed by atoms with E-state index in [9.17, 15) is 0 Å². The highest BCUT2D eigenvalue weighted by molar-refractivity contribution is 14.1. The molecule has 0 heterocycles. The molecular weight excluding hydrogens is 305 g/mol. The van der Waals surface area contributed by atoms with Crippen LogP contribution in [0.5, 0.6) is 5.75 Å². The highest BCUT2D eigenvalue weighted by atomic mass is 127. The van der Waals surface area contributed by atoms with Crippen LogP contribution in [0.4, 0.5) is 0 Å². The van der Waals surface area contributed by atoms with E-state index < -0.39 is 0 Å². The molecule has 4 heteroatoms. The minimum Gasteiger partial charge on any atom is -0.488 e. The Morgan fingerprint density at radius 1 is 1.47 bits per heavy atom. The Hall–Kier alpha value is -0.330. The number of benzene rings is 1. The van der Waals surface area contributed by atoms with Crippen molar-refractivity contribution in [2.75, 3.05) is 7.11 Å². The van der Waals surface area contributed by atoms with Crippen molar-refractivity contribution in [3.05, 3.63) is 27.8 Å². The molecule has 0 amide bonds. The minimum absolute atomic E-state index is 0.0304. The van der Waals surface area contributed by atoms with E-state index in [1.165, 1.54) is 3.57 Å². The van der Waals surface area contributed by atoms with E-state index in [0.717, 1.165) is 12.2 Å². The van der Waals surface area contributed by atoms with Crippen LogP contribution < -0.4 is 10.5 Å². The third kappa shape index (κ3) is 2.43. The summed E-state index contributed by atoms with van der Waals surface area (Å²) in [6.07, 6.45) is 0.996. The van der Waals surface area contributed by atoms with Crippen molar-refractivity contribution in [3.63, 3.8) is 0 Å². The van der Waals surface area contributed by atoms with Crippen molar-refractivity contribution < 1.29 is 9.47 Å². The molecule has 1 aromatic rings. The quantitative estimate of drug-likeness (QED) is 0.864. The molecule has 0 spiro atoms. The lowest BCUT2D eigenvalue weighted by atomic mass is 9.86. The van der Waals surface area contributed by atoms with Crippen LogP contribution in [0.25, 0.3) is 0 Å². The Balaban J connectivity index is 1.98. The Morgan fingerprint density at radius 2 is 2.27 bits per heavy atom. The van der Waals surface area contributed by atoms with Crippen LogP contribution in [0.1, 0.15) is 6.42 Å². The van der Waals surface area contributed by atoms with Crippen molar-refractivity contribution in [2.45, 2.75) is 24.7 Å². The first-order chi connectivity index (χ1) is 7.20. The zero-order valence-corrected chi connectivity index (χ0v) is 10.7. The molecule has 2 rings (SSSR count). The number of nitrogens with two attached hydrogens (primary N) is 1. The summed E-state index contributed by atoms with van der Waals surface area (Å²) in [5, 5.41) is 0. The SMILES string of the molecule is COC1C(N)CC1Oc1cccc(I)c1. The first-order valence-corrected chi connectivity index (χ1v) is 5.99. The first kappa shape index (κ1) is 11.2. The van der Waals surface area contributed by atoms with Gasteiger partial charge in [0.15, 0.2) is 0 Å². The topological polar surface area (TPSA) is 44.5 Å². The molecule has 3 unspecified atom stereocenters. The van der Waals surface area contributed by atoms with Crippen molar-refractivity contribution in [2.24, 2.45) is 5.73 Å². The van der Waals surface area contributed by atoms with Gasteiger partial charge in [-0.1, -0.05) is 6.07 Å². The maximum Gasteiger partial charge on any atom is 0.128 e. The molecule has 0 aliphatic heterocycles. The summed E-state index contributed by atoms with van der Waals surface area (Å²) in [5.74, 6) is 0.890. The molecule has 3 nitrogen and oxygen atoms in total. The van der Waals surface area contributed by atoms with E-state index in [1.54, 1.807) is 7.11 Å². The summed E-state index contributed by atoms with van der Waals surface area (Å²) in [7, 11) is 1.68. The third-order valence-corrected chi connectivity index (χ3v) is 3.32. The van der Waals surface area contributed by atoms with E-state index in [2.05, 4.69) is 22.6 Å². The number of methoxy groups -OCH3 is 1. The van der Waals surface area contributed by atoms with Crippen LogP contribution in [-0.2, 0) is 4.74 Å². The second kappa shape index (κ2) is 4.67. The Morgan fingerprint density at radius 3 is 2.87 bits per heavy atom. The van der Waals surface area contributed by atoms with Gasteiger partial charge in [0.05, 0.1) is 0 Å². The standard InChI is InChI=1S/C11H14INO2/c1-14-11-9(13)6-10(11)15-8-4-2-3-7(12)5-8/h2-5,9-11H,6,13H2,1H3. The van der Waals surface area contributed by atoms with Crippen LogP contribution in [0, 0.1) is 3.57 Å². The average Bonchev–Trinajstić information content (AvgIpc) is 2.17. The lowest BCUT2D eigenvalue weighted by molar-refractivity contribution is -0.0782. The molecule has 1 aromatic carbocycles. The molecule has 1 aliphatic carbocycles. The van der Waals surface area contributed by atoms with Gasteiger partial charge in [0.1, 0.15) is 18.0 Å². The molecule has 1 fully saturated rings. The smallest absolute Gasteiger partial charge is 0.128 e. The zero-order valence-electron chi connectivity index (χ0n) is 8.52. The van der Waals surface area contributed by atoms with E-state index in [0.29, 0.717) is 0 Å². The number of hydrogen-bond acceptors (Lipinski definition) is 3. The van der Waals surface area contributed by atoms with Gasteiger partial charge in [-0.25, -0.2) is 0 Å². The van der Waals surface area contributed by atoms with E-state index >= 15 is 0 Å². The highest BCUT2D eigenvalue weighted by Crippen LogP contribution is 2.27. The normalized spacial score (nSPS) is 29.7. The van der Waals surface area contributed by atoms with Gasteiger partial charge in [0, 0.05) is 23.1 Å². The second-order valence-electron chi connectivity index (χ2n) is 3.71. The molecular formula is C11H14INO2. The number of hydrogen-bond donors (Lipinski definition) is 1. The molecule has 0 aromatic heterocycles. The maximum absolute atomic E-state index is 5.80. The molecule has 1 aliphatic rings. The Kier molecular flexibility index (Phi) is 3.48. The van der Waals surface area contributed by atoms with Crippen LogP contribution >= 0.6 is 22.6 Å². The van der Waals surface area contributed by atoms with Crippen molar-refractivity contribution in [1.29, 1.82) is 0 Å². The lowest BCUT2D eigenvalue weighted by Crippen LogP contribution is -2.59. The van der Waals surface area contributed by atoms with Crippen molar-refractivity contribution >= 4 is 22.6 Å². The van der Waals surface area contributed by atoms with Gasteiger partial charge in [0.2, 0.25) is 0 Å². The first-order valence-electron chi connectivity index (χ1n) is 4.91. The molecule has 1 saturated carbocycles. The van der Waals surface area contributed by atoms with Gasteiger partial charge >= 0.3 is 0 Å². The molecule has 3 atom stereocenters. The van der Waals surface area contributed by atoms with Crippen molar-refractivity contribution in [3.8, 4) is 5.75 Å². The Bertz CT molecular complexity index is 345. The van der Waals surface area contributed by atoms with E-state index in [4.69, 9.17) is 15.2 Å². The summed E-state index contributed by atoms with van der Waals surface area (Å²) < 4.78 is 12.2. The fraction of sp³-hybridized carbons (Fsp3) is 0.455. The average molecular weight is 319 g/mol. The number of rotatable bonds is 3. The lowest BCUT2D eigenvalue weighted by Gasteiger charge is -2.40. The molecule has 0 radical (unpaired) electrons. The second-order valence-corrected chi connectivity index (χ2v) is 4.96. The fourth-order valence-corrected chi connectivity index (χ4v) is 2.29. The maximum atomic E-state index is 5.80. The van der Waals surface area contributed by atoms with Crippen molar-refractivity contribution in [1.82, 2.24) is 0 Å². The van der Waals surface area contributed by atoms with E-state index in [-0.39, 0.29) is 18.2 Å². The van der Waals surface area contributed by atoms with Gasteiger partial charge in [-0.05, 0) is 40.8 Å². The highest BCUT2D eigenvalue weighted by Gasteiger charge is 2.40. The Labute approximate surface area is 103 Å². The molecule has 0 saturated heterocycles. The van der Waals surface area contributed by atoms with Gasteiger partial charge in [-0.15, -0.1) is 0 Å². The summed E-state index contributed by atoms with van der Waals surface area (Å²) in [6, 6.07) is 8.10. The summed E-state index contributed by atoms with van der Waals surface area (Å²) in [5.41, 5.74) is 5.80. The van der Waals surface area contributed by atoms with E-state index in [1.807, 2.05) is 24.3 Å². The zero-order chi connectivity index (χ0) is 10.8. The number of halogens is 1. The molecule has 82 valence electrons. The summed E-state index contributed by atoms with van der Waals surface area (Å²) in [6.45, 7) is 0. The van der Waals surface area contributed by atoms with Gasteiger partial charge < -0.3 is 15.2 Å². The van der Waals surface area contributed by atoms with Crippen LogP contribution in [-0.4, -0.2) is 25.4 Å². The third-order valence-electron chi connectivity index (χ3n) is 2.65. The summed E-state index contributed by atoms with van der Waals surface area (Å²) >= 11 is 2.26. The molecule has 0 bridgehead atoms. The number of ether oxygens (including phenoxy) is 2. The molecule has 2 N–H and O–H groups in total. The van der Waals surface area contributed by atoms with Crippen LogP contribution in [0.3, 0.4) is 0 Å². The predicted molar refractivity (Wildman–Crippen MR) is 67.0 cm³/mol. The van der Waals surface area contributed by atoms with Gasteiger partial charge in [-0.3, -0.25) is 0 Å².